The topological polar surface area (TPSA) is 65.0 Å². The summed E-state index contributed by atoms with van der Waals surface area (Å²) in [5.74, 6) is -0.388. The predicted molar refractivity (Wildman–Crippen MR) is 94.9 cm³/mol. The highest BCUT2D eigenvalue weighted by molar-refractivity contribution is 5.76. The van der Waals surface area contributed by atoms with Crippen molar-refractivity contribution in [3.05, 3.63) is 35.9 Å². The molecule has 0 unspecified atom stereocenters. The Morgan fingerprint density at radius 3 is 2.48 bits per heavy atom. The lowest BCUT2D eigenvalue weighted by Crippen LogP contribution is -2.43. The van der Waals surface area contributed by atoms with E-state index >= 15 is 0 Å². The number of esters is 1. The molecule has 1 aromatic carbocycles. The molecule has 0 saturated carbocycles. The molecular formula is C20H30O5. The number of rotatable bonds is 7. The van der Waals surface area contributed by atoms with Gasteiger partial charge in [0.2, 0.25) is 0 Å². The minimum atomic E-state index is -0.971. The van der Waals surface area contributed by atoms with Crippen molar-refractivity contribution in [2.75, 3.05) is 6.61 Å². The Bertz CT molecular complexity index is 542. The molecule has 1 saturated heterocycles. The third kappa shape index (κ3) is 5.03. The fraction of sp³-hybridized carbons (Fsp3) is 0.650. The molecule has 1 aromatic rings. The molecule has 5 heteroatoms. The van der Waals surface area contributed by atoms with E-state index in [1.807, 2.05) is 30.3 Å². The molecule has 1 N–H and O–H groups in total. The first-order valence-electron chi connectivity index (χ1n) is 9.09. The van der Waals surface area contributed by atoms with Crippen molar-refractivity contribution < 1.29 is 24.1 Å². The van der Waals surface area contributed by atoms with E-state index in [4.69, 9.17) is 14.2 Å². The van der Waals surface area contributed by atoms with Gasteiger partial charge < -0.3 is 19.3 Å². The summed E-state index contributed by atoms with van der Waals surface area (Å²) in [5.41, 5.74) is -0.00783. The van der Waals surface area contributed by atoms with Crippen LogP contribution in [0.1, 0.15) is 58.8 Å². The third-order valence-electron chi connectivity index (χ3n) is 4.81. The number of ether oxygens (including phenoxy) is 3. The van der Waals surface area contributed by atoms with E-state index < -0.39 is 17.8 Å². The minimum absolute atomic E-state index is 0.0712. The number of carbonyl (C=O) groups is 1. The summed E-state index contributed by atoms with van der Waals surface area (Å²) in [4.78, 5) is 12.1. The van der Waals surface area contributed by atoms with Gasteiger partial charge in [-0.1, -0.05) is 37.3 Å². The minimum Gasteiger partial charge on any atom is -0.466 e. The maximum absolute atomic E-state index is 12.1. The van der Waals surface area contributed by atoms with Crippen molar-refractivity contribution in [1.29, 1.82) is 0 Å². The Kier molecular flexibility index (Phi) is 6.99. The number of aliphatic hydroxyl groups excluding tert-OH is 1. The molecule has 1 aliphatic heterocycles. The van der Waals surface area contributed by atoms with Gasteiger partial charge in [-0.25, -0.2) is 0 Å². The molecule has 1 heterocycles. The molecule has 0 aliphatic carbocycles. The van der Waals surface area contributed by atoms with E-state index in [0.717, 1.165) is 12.0 Å². The average Bonchev–Trinajstić information content (AvgIpc) is 2.62. The zero-order valence-electron chi connectivity index (χ0n) is 15.6. The van der Waals surface area contributed by atoms with Crippen molar-refractivity contribution in [2.45, 2.75) is 71.6 Å². The molecule has 2 rings (SSSR count). The summed E-state index contributed by atoms with van der Waals surface area (Å²) < 4.78 is 17.2. The Morgan fingerprint density at radius 2 is 1.88 bits per heavy atom. The van der Waals surface area contributed by atoms with E-state index in [0.29, 0.717) is 19.4 Å². The van der Waals surface area contributed by atoms with Gasteiger partial charge >= 0.3 is 5.97 Å². The predicted octanol–water partition coefficient (Wildman–Crippen LogP) is 3.61. The highest BCUT2D eigenvalue weighted by Gasteiger charge is 2.40. The zero-order chi connectivity index (χ0) is 18.4. The van der Waals surface area contributed by atoms with Crippen LogP contribution in [-0.4, -0.2) is 36.0 Å². The van der Waals surface area contributed by atoms with E-state index in [-0.39, 0.29) is 18.2 Å². The van der Waals surface area contributed by atoms with Gasteiger partial charge in [-0.05, 0) is 27.2 Å². The van der Waals surface area contributed by atoms with Crippen LogP contribution >= 0.6 is 0 Å². The number of carbonyl (C=O) groups excluding carboxylic acids is 1. The van der Waals surface area contributed by atoms with Gasteiger partial charge in [0.15, 0.2) is 6.29 Å². The number of hydrogen-bond donors (Lipinski definition) is 1. The summed E-state index contributed by atoms with van der Waals surface area (Å²) in [7, 11) is 0. The van der Waals surface area contributed by atoms with Crippen LogP contribution in [0.3, 0.4) is 0 Å². The largest absolute Gasteiger partial charge is 0.466 e. The quantitative estimate of drug-likeness (QED) is 0.761. The van der Waals surface area contributed by atoms with E-state index in [1.165, 1.54) is 0 Å². The lowest BCUT2D eigenvalue weighted by atomic mass is 9.82. The lowest BCUT2D eigenvalue weighted by Gasteiger charge is -2.38. The van der Waals surface area contributed by atoms with E-state index in [2.05, 4.69) is 6.92 Å². The first kappa shape index (κ1) is 19.9. The van der Waals surface area contributed by atoms with Gasteiger partial charge in [-0.2, -0.15) is 0 Å². The first-order chi connectivity index (χ1) is 11.9. The van der Waals surface area contributed by atoms with Crippen molar-refractivity contribution in [1.82, 2.24) is 0 Å². The Hall–Kier alpha value is -1.43. The molecule has 4 atom stereocenters. The van der Waals surface area contributed by atoms with Crippen LogP contribution in [0.2, 0.25) is 0 Å². The monoisotopic (exact) mass is 350 g/mol. The van der Waals surface area contributed by atoms with Gasteiger partial charge in [0.05, 0.1) is 30.3 Å². The average molecular weight is 350 g/mol. The molecule has 5 nitrogen and oxygen atoms in total. The number of aliphatic hydroxyl groups is 1. The summed E-state index contributed by atoms with van der Waals surface area (Å²) in [6.07, 6.45) is 0.562. The highest BCUT2D eigenvalue weighted by atomic mass is 16.7. The second kappa shape index (κ2) is 8.79. The van der Waals surface area contributed by atoms with Crippen molar-refractivity contribution >= 4 is 5.97 Å². The van der Waals surface area contributed by atoms with Gasteiger partial charge in [0.1, 0.15) is 0 Å². The fourth-order valence-electron chi connectivity index (χ4n) is 2.96. The van der Waals surface area contributed by atoms with Crippen molar-refractivity contribution in [3.8, 4) is 0 Å². The van der Waals surface area contributed by atoms with Crippen molar-refractivity contribution in [2.24, 2.45) is 5.41 Å². The molecule has 140 valence electrons. The van der Waals surface area contributed by atoms with Crippen LogP contribution in [0, 0.1) is 5.41 Å². The van der Waals surface area contributed by atoms with Gasteiger partial charge in [0, 0.05) is 18.4 Å². The highest BCUT2D eigenvalue weighted by Crippen LogP contribution is 2.35. The fourth-order valence-corrected chi connectivity index (χ4v) is 2.96. The molecular weight excluding hydrogens is 320 g/mol. The third-order valence-corrected chi connectivity index (χ3v) is 4.81. The molecule has 0 bridgehead atoms. The lowest BCUT2D eigenvalue weighted by molar-refractivity contribution is -0.254. The number of benzene rings is 1. The van der Waals surface area contributed by atoms with E-state index in [1.54, 1.807) is 20.8 Å². The summed E-state index contributed by atoms with van der Waals surface area (Å²) >= 11 is 0. The molecule has 1 fully saturated rings. The Balaban J connectivity index is 2.06. The molecule has 0 radical (unpaired) electrons. The SMILES string of the molecule is CCOC(=O)C(C)(C)[C@@H](O)C[C@H]1C[C@@H](CC)O[C@@H](c2ccccc2)O1. The van der Waals surface area contributed by atoms with Crippen LogP contribution in [0.4, 0.5) is 0 Å². The first-order valence-corrected chi connectivity index (χ1v) is 9.09. The zero-order valence-corrected chi connectivity index (χ0v) is 15.6. The number of hydrogen-bond acceptors (Lipinski definition) is 5. The maximum atomic E-state index is 12.1. The van der Waals surface area contributed by atoms with Crippen LogP contribution in [-0.2, 0) is 19.0 Å². The van der Waals surface area contributed by atoms with Crippen molar-refractivity contribution in [3.63, 3.8) is 0 Å². The molecule has 1 aliphatic rings. The van der Waals surface area contributed by atoms with Gasteiger partial charge in [-0.3, -0.25) is 4.79 Å². The smallest absolute Gasteiger partial charge is 0.314 e. The summed E-state index contributed by atoms with van der Waals surface area (Å²) in [5, 5.41) is 10.6. The standard InChI is InChI=1S/C20H30O5/c1-5-15-12-16(13-17(21)20(3,4)19(22)23-6-2)25-18(24-15)14-10-8-7-9-11-14/h7-11,15-18,21H,5-6,12-13H2,1-4H3/t15-,16-,17+,18-/m1/s1. The summed E-state index contributed by atoms with van der Waals surface area (Å²) in [6.45, 7) is 7.56. The van der Waals surface area contributed by atoms with Crippen LogP contribution < -0.4 is 0 Å². The van der Waals surface area contributed by atoms with Gasteiger partial charge in [0.25, 0.3) is 0 Å². The Labute approximate surface area is 150 Å². The second-order valence-electron chi connectivity index (χ2n) is 7.10. The van der Waals surface area contributed by atoms with Gasteiger partial charge in [-0.15, -0.1) is 0 Å². The van der Waals surface area contributed by atoms with Crippen LogP contribution in [0.15, 0.2) is 30.3 Å². The van der Waals surface area contributed by atoms with Crippen LogP contribution in [0.5, 0.6) is 0 Å². The maximum Gasteiger partial charge on any atom is 0.314 e. The second-order valence-corrected chi connectivity index (χ2v) is 7.10. The molecule has 0 amide bonds. The van der Waals surface area contributed by atoms with Crippen LogP contribution in [0.25, 0.3) is 0 Å². The Morgan fingerprint density at radius 1 is 1.24 bits per heavy atom. The normalized spacial score (nSPS) is 25.4. The molecule has 0 aromatic heterocycles. The van der Waals surface area contributed by atoms with E-state index in [9.17, 15) is 9.90 Å². The summed E-state index contributed by atoms with van der Waals surface area (Å²) in [6, 6.07) is 9.79. The molecule has 25 heavy (non-hydrogen) atoms. The molecule has 0 spiro atoms.